The van der Waals surface area contributed by atoms with Crippen LogP contribution >= 0.6 is 24.4 Å². The summed E-state index contributed by atoms with van der Waals surface area (Å²) in [4.78, 5) is 3.91. The predicted molar refractivity (Wildman–Crippen MR) is 143 cm³/mol. The summed E-state index contributed by atoms with van der Waals surface area (Å²) < 4.78 is 0. The Hall–Kier alpha value is -3.48. The van der Waals surface area contributed by atoms with Gasteiger partial charge in [-0.15, -0.1) is 0 Å². The van der Waals surface area contributed by atoms with Gasteiger partial charge in [0.2, 0.25) is 0 Å². The molecule has 0 aliphatic heterocycles. The quantitative estimate of drug-likeness (QED) is 0.382. The van der Waals surface area contributed by atoms with Gasteiger partial charge in [-0.3, -0.25) is 0 Å². The van der Waals surface area contributed by atoms with Gasteiger partial charge in [0.05, 0.1) is 24.5 Å². The summed E-state index contributed by atoms with van der Waals surface area (Å²) in [6.07, 6.45) is 0. The summed E-state index contributed by atoms with van der Waals surface area (Å²) in [7, 11) is 0. The van der Waals surface area contributed by atoms with Crippen LogP contribution in [0.25, 0.3) is 10.8 Å². The zero-order chi connectivity index (χ0) is 22.5. The third kappa shape index (κ3) is 4.72. The molecule has 0 atom stereocenters. The van der Waals surface area contributed by atoms with Gasteiger partial charge in [0.1, 0.15) is 0 Å². The van der Waals surface area contributed by atoms with Crippen molar-refractivity contribution in [1.82, 2.24) is 0 Å². The maximum Gasteiger partial charge on any atom is 0.171 e. The molecule has 4 rings (SSSR count). The summed E-state index contributed by atoms with van der Waals surface area (Å²) in [5.41, 5.74) is 16.5. The van der Waals surface area contributed by atoms with Gasteiger partial charge in [-0.1, -0.05) is 84.9 Å². The minimum atomic E-state index is 0.322. The molecule has 0 aliphatic carbocycles. The third-order valence-corrected chi connectivity index (χ3v) is 5.80. The van der Waals surface area contributed by atoms with Crippen LogP contribution in [-0.2, 0) is 13.1 Å². The molecule has 0 saturated carbocycles. The summed E-state index contributed by atoms with van der Waals surface area (Å²) in [5.74, 6) is 0. The first-order chi connectivity index (χ1) is 15.5. The van der Waals surface area contributed by atoms with Crippen molar-refractivity contribution in [3.05, 3.63) is 108 Å². The SMILES string of the molecule is NC(=S)N(Cc1ccccc1)c1cccc2c(N(Cc3ccccc3)C(N)=S)cccc12. The van der Waals surface area contributed by atoms with Gasteiger partial charge >= 0.3 is 0 Å². The number of hydrogen-bond acceptors (Lipinski definition) is 2. The lowest BCUT2D eigenvalue weighted by molar-refractivity contribution is 1.01. The second-order valence-electron chi connectivity index (χ2n) is 7.47. The van der Waals surface area contributed by atoms with Crippen molar-refractivity contribution in [2.45, 2.75) is 13.1 Å². The molecule has 4 N–H and O–H groups in total. The number of nitrogens with two attached hydrogens (primary N) is 2. The first-order valence-corrected chi connectivity index (χ1v) is 11.1. The fourth-order valence-corrected chi connectivity index (χ4v) is 4.17. The van der Waals surface area contributed by atoms with Gasteiger partial charge in [-0.2, -0.15) is 0 Å². The summed E-state index contributed by atoms with van der Waals surface area (Å²) in [6, 6.07) is 32.5. The van der Waals surface area contributed by atoms with E-state index in [4.69, 9.17) is 35.9 Å². The van der Waals surface area contributed by atoms with Crippen LogP contribution in [0.4, 0.5) is 11.4 Å². The van der Waals surface area contributed by atoms with Crippen LogP contribution in [0.5, 0.6) is 0 Å². The molecule has 0 amide bonds. The van der Waals surface area contributed by atoms with Crippen molar-refractivity contribution in [3.63, 3.8) is 0 Å². The van der Waals surface area contributed by atoms with Crippen LogP contribution < -0.4 is 21.3 Å². The zero-order valence-corrected chi connectivity index (χ0v) is 19.2. The van der Waals surface area contributed by atoms with E-state index in [0.29, 0.717) is 23.3 Å². The summed E-state index contributed by atoms with van der Waals surface area (Å²) in [6.45, 7) is 1.17. The van der Waals surface area contributed by atoms with Gasteiger partial charge in [-0.25, -0.2) is 0 Å². The van der Waals surface area contributed by atoms with E-state index in [1.54, 1.807) is 0 Å². The molecule has 0 aromatic heterocycles. The van der Waals surface area contributed by atoms with Crippen LogP contribution in [0, 0.1) is 0 Å². The number of hydrogen-bond donors (Lipinski definition) is 2. The highest BCUT2D eigenvalue weighted by atomic mass is 32.1. The van der Waals surface area contributed by atoms with Crippen molar-refractivity contribution in [2.24, 2.45) is 11.5 Å². The van der Waals surface area contributed by atoms with Crippen molar-refractivity contribution >= 4 is 56.8 Å². The van der Waals surface area contributed by atoms with Gasteiger partial charge in [0.25, 0.3) is 0 Å². The predicted octanol–water partition coefficient (Wildman–Crippen LogP) is 5.34. The summed E-state index contributed by atoms with van der Waals surface area (Å²) >= 11 is 10.9. The molecule has 0 bridgehead atoms. The highest BCUT2D eigenvalue weighted by molar-refractivity contribution is 7.80. The minimum absolute atomic E-state index is 0.322. The van der Waals surface area contributed by atoms with Crippen molar-refractivity contribution < 1.29 is 0 Å². The molecular weight excluding hydrogens is 432 g/mol. The topological polar surface area (TPSA) is 58.5 Å². The molecule has 0 heterocycles. The maximum atomic E-state index is 6.16. The van der Waals surface area contributed by atoms with E-state index in [-0.39, 0.29) is 0 Å². The minimum Gasteiger partial charge on any atom is -0.376 e. The third-order valence-electron chi connectivity index (χ3n) is 5.36. The molecule has 0 spiro atoms. The first-order valence-electron chi connectivity index (χ1n) is 10.3. The molecule has 0 saturated heterocycles. The van der Waals surface area contributed by atoms with Crippen molar-refractivity contribution in [2.75, 3.05) is 9.80 Å². The first kappa shape index (κ1) is 21.7. The largest absolute Gasteiger partial charge is 0.376 e. The van der Waals surface area contributed by atoms with E-state index < -0.39 is 0 Å². The van der Waals surface area contributed by atoms with Crippen LogP contribution in [-0.4, -0.2) is 10.2 Å². The molecule has 4 aromatic rings. The van der Waals surface area contributed by atoms with E-state index in [9.17, 15) is 0 Å². The Morgan fingerprint density at radius 2 is 0.906 bits per heavy atom. The molecule has 4 aromatic carbocycles. The Labute approximate surface area is 199 Å². The fourth-order valence-electron chi connectivity index (χ4n) is 3.84. The lowest BCUT2D eigenvalue weighted by Crippen LogP contribution is -2.36. The number of benzene rings is 4. The smallest absolute Gasteiger partial charge is 0.171 e. The number of nitrogens with zero attached hydrogens (tertiary/aromatic N) is 2. The Balaban J connectivity index is 1.79. The number of rotatable bonds is 6. The average Bonchev–Trinajstić information content (AvgIpc) is 2.81. The Morgan fingerprint density at radius 1 is 0.531 bits per heavy atom. The van der Waals surface area contributed by atoms with Gasteiger partial charge in [0, 0.05) is 10.8 Å². The highest BCUT2D eigenvalue weighted by Gasteiger charge is 2.18. The van der Waals surface area contributed by atoms with Crippen molar-refractivity contribution in [3.8, 4) is 0 Å². The van der Waals surface area contributed by atoms with Gasteiger partial charge < -0.3 is 21.3 Å². The second kappa shape index (κ2) is 9.77. The van der Waals surface area contributed by atoms with Crippen LogP contribution in [0.15, 0.2) is 97.1 Å². The molecule has 4 nitrogen and oxygen atoms in total. The Kier molecular flexibility index (Phi) is 6.63. The lowest BCUT2D eigenvalue weighted by atomic mass is 10.0. The van der Waals surface area contributed by atoms with Gasteiger partial charge in [0.15, 0.2) is 10.2 Å². The maximum absolute atomic E-state index is 6.16. The van der Waals surface area contributed by atoms with E-state index >= 15 is 0 Å². The molecule has 32 heavy (non-hydrogen) atoms. The molecule has 6 heteroatoms. The molecule has 0 radical (unpaired) electrons. The molecule has 160 valence electrons. The molecular formula is C26H24N4S2. The number of fused-ring (bicyclic) bond motifs is 1. The van der Waals surface area contributed by atoms with Crippen LogP contribution in [0.1, 0.15) is 11.1 Å². The molecule has 0 fully saturated rings. The molecule has 0 unspecified atom stereocenters. The van der Waals surface area contributed by atoms with E-state index in [2.05, 4.69) is 36.4 Å². The Morgan fingerprint density at radius 3 is 1.25 bits per heavy atom. The monoisotopic (exact) mass is 456 g/mol. The average molecular weight is 457 g/mol. The molecule has 0 aliphatic rings. The Bertz CT molecular complexity index is 1140. The van der Waals surface area contributed by atoms with E-state index in [0.717, 1.165) is 33.3 Å². The van der Waals surface area contributed by atoms with Crippen LogP contribution in [0.3, 0.4) is 0 Å². The zero-order valence-electron chi connectivity index (χ0n) is 17.5. The normalized spacial score (nSPS) is 10.6. The van der Waals surface area contributed by atoms with E-state index in [1.807, 2.05) is 70.5 Å². The van der Waals surface area contributed by atoms with Crippen LogP contribution in [0.2, 0.25) is 0 Å². The number of thiocarbonyl (C=S) groups is 2. The second-order valence-corrected chi connectivity index (χ2v) is 8.31. The summed E-state index contributed by atoms with van der Waals surface area (Å²) in [5, 5.41) is 2.70. The van der Waals surface area contributed by atoms with E-state index in [1.165, 1.54) is 0 Å². The number of anilines is 2. The highest BCUT2D eigenvalue weighted by Crippen LogP contribution is 2.34. The fraction of sp³-hybridized carbons (Fsp3) is 0.0769. The standard InChI is InChI=1S/C26H24N4S2/c27-25(31)29(17-19-9-3-1-4-10-19)23-15-7-14-22-21(23)13-8-16-24(22)30(26(28)32)18-20-11-5-2-6-12-20/h1-16H,17-18H2,(H2,27,31)(H2,28,32). The van der Waals surface area contributed by atoms with Gasteiger partial charge in [-0.05, 0) is 47.7 Å². The lowest BCUT2D eigenvalue weighted by Gasteiger charge is -2.28. The van der Waals surface area contributed by atoms with Crippen molar-refractivity contribution in [1.29, 1.82) is 0 Å².